The van der Waals surface area contributed by atoms with Gasteiger partial charge in [-0.05, 0) is 25.7 Å². The van der Waals surface area contributed by atoms with Crippen molar-refractivity contribution in [3.8, 4) is 0 Å². The van der Waals surface area contributed by atoms with E-state index in [9.17, 15) is 68.6 Å². The fourth-order valence-electron chi connectivity index (χ4n) is 9.70. The zero-order valence-corrected chi connectivity index (χ0v) is 47.7. The quantitative estimate of drug-likeness (QED) is 0.0168. The minimum atomic E-state index is -5.42. The lowest BCUT2D eigenvalue weighted by atomic mass is 9.95. The number of phosphoric acid groups is 2. The molecule has 0 aromatic carbocycles. The number of aliphatic hydroxyl groups excluding tert-OH is 5. The molecule has 24 heteroatoms. The molecule has 2 saturated heterocycles. The van der Waals surface area contributed by atoms with Crippen LogP contribution in [0.3, 0.4) is 0 Å². The zero-order valence-electron chi connectivity index (χ0n) is 45.9. The van der Waals surface area contributed by atoms with E-state index in [0.717, 1.165) is 89.9 Å². The summed E-state index contributed by atoms with van der Waals surface area (Å²) in [4.78, 5) is 79.0. The first-order valence-electron chi connectivity index (χ1n) is 28.7. The van der Waals surface area contributed by atoms with E-state index >= 15 is 0 Å². The monoisotopic (exact) mass is 1130 g/mol. The smallest absolute Gasteiger partial charge is 0.462 e. The summed E-state index contributed by atoms with van der Waals surface area (Å²) in [7, 11) is -10.8. The summed E-state index contributed by atoms with van der Waals surface area (Å²) in [6, 6.07) is -3.52. The molecule has 2 amide bonds. The number of aliphatic hydroxyl groups is 5. The highest BCUT2D eigenvalue weighted by molar-refractivity contribution is 7.46. The van der Waals surface area contributed by atoms with Crippen LogP contribution in [0.4, 0.5) is 0 Å². The molecule has 0 saturated carbocycles. The van der Waals surface area contributed by atoms with Gasteiger partial charge in [-0.3, -0.25) is 23.4 Å². The van der Waals surface area contributed by atoms with Gasteiger partial charge in [0.05, 0.1) is 32.2 Å². The second kappa shape index (κ2) is 40.5. The maximum absolute atomic E-state index is 13.9. The van der Waals surface area contributed by atoms with E-state index in [-0.39, 0.29) is 6.42 Å². The average molecular weight is 1140 g/mol. The van der Waals surface area contributed by atoms with E-state index in [1.807, 2.05) is 0 Å². The van der Waals surface area contributed by atoms with Crippen LogP contribution < -0.4 is 10.6 Å². The largest absolute Gasteiger partial charge is 0.472 e. The number of carbonyl (C=O) groups excluding carboxylic acids is 3. The Morgan fingerprint density at radius 1 is 0.526 bits per heavy atom. The fourth-order valence-corrected chi connectivity index (χ4v) is 10.7. The molecule has 11 N–H and O–H groups in total. The molecular formula is C52H100N2O20P2. The topological polar surface area (TPSA) is 347 Å². The lowest BCUT2D eigenvalue weighted by molar-refractivity contribution is -0.294. The van der Waals surface area contributed by atoms with Gasteiger partial charge in [-0.25, -0.2) is 9.13 Å². The predicted molar refractivity (Wildman–Crippen MR) is 283 cm³/mol. The lowest BCUT2D eigenvalue weighted by Gasteiger charge is -2.45. The summed E-state index contributed by atoms with van der Waals surface area (Å²) < 4.78 is 56.9. The van der Waals surface area contributed by atoms with Gasteiger partial charge in [0.2, 0.25) is 11.8 Å². The molecule has 0 aliphatic carbocycles. The summed E-state index contributed by atoms with van der Waals surface area (Å²) in [6.07, 6.45) is 10.8. The van der Waals surface area contributed by atoms with Crippen molar-refractivity contribution in [2.45, 2.75) is 300 Å². The number of amides is 2. The number of phosphoric ester groups is 2. The van der Waals surface area contributed by atoms with Crippen LogP contribution in [0.25, 0.3) is 0 Å². The van der Waals surface area contributed by atoms with Crippen molar-refractivity contribution >= 4 is 33.4 Å². The van der Waals surface area contributed by atoms with Crippen molar-refractivity contribution in [3.05, 3.63) is 0 Å². The summed E-state index contributed by atoms with van der Waals surface area (Å²) in [6.45, 7) is 4.65. The predicted octanol–water partition coefficient (Wildman–Crippen LogP) is 6.90. The van der Waals surface area contributed by atoms with E-state index < -0.39 is 133 Å². The normalized spacial score (nSPS) is 25.0. The second-order valence-electron chi connectivity index (χ2n) is 20.9. The Labute approximate surface area is 452 Å². The molecule has 448 valence electrons. The molecule has 0 bridgehead atoms. The molecule has 2 rings (SSSR count). The first kappa shape index (κ1) is 70.4. The standard InChI is InChI=1S/C52H100N2O20P2/c1-4-7-10-13-16-19-22-25-28-31-38(56)34-42(57)53-45-48(61)47(60)41(72-52(45)74-76(66,67)68)37-69-51-46(49(62)50(40(36-55)71-51)73-75(63,64)65)54-43(58)35-39(32-29-26-23-20-17-14-11-8-5-2)70-44(59)33-30-27-24-21-18-15-12-9-6-3/h38-41,45-52,55-56,60-62H,4-37H2,1-3H3,(H,53,57)(H,54,58)(H2,63,64,65)(H2,66,67,68)/t38-,39-,40-,41-,45-,46-,47-,48-,49-,50-,51?,52?/m1/s1. The Bertz CT molecular complexity index is 1640. The van der Waals surface area contributed by atoms with E-state index in [1.54, 1.807) is 0 Å². The molecule has 2 aliphatic heterocycles. The van der Waals surface area contributed by atoms with Crippen LogP contribution in [0.15, 0.2) is 0 Å². The molecule has 12 atom stereocenters. The minimum Gasteiger partial charge on any atom is -0.462 e. The van der Waals surface area contributed by atoms with Crippen LogP contribution >= 0.6 is 15.6 Å². The van der Waals surface area contributed by atoms with Crippen LogP contribution in [0.5, 0.6) is 0 Å². The van der Waals surface area contributed by atoms with E-state index in [0.29, 0.717) is 32.1 Å². The number of unbranched alkanes of at least 4 members (excludes halogenated alkanes) is 24. The van der Waals surface area contributed by atoms with Crippen molar-refractivity contribution in [2.24, 2.45) is 0 Å². The number of ether oxygens (including phenoxy) is 4. The third-order valence-corrected chi connectivity index (χ3v) is 15.0. The number of hydrogen-bond acceptors (Lipinski definition) is 16. The van der Waals surface area contributed by atoms with Gasteiger partial charge in [-0.15, -0.1) is 0 Å². The van der Waals surface area contributed by atoms with Crippen LogP contribution in [-0.4, -0.2) is 150 Å². The molecule has 2 aliphatic rings. The van der Waals surface area contributed by atoms with Crippen LogP contribution in [0.1, 0.15) is 226 Å². The van der Waals surface area contributed by atoms with Crippen LogP contribution in [-0.2, 0) is 51.5 Å². The van der Waals surface area contributed by atoms with Gasteiger partial charge in [0.1, 0.15) is 54.8 Å². The molecule has 0 aromatic heterocycles. The molecule has 22 nitrogen and oxygen atoms in total. The Kier molecular flexibility index (Phi) is 37.5. The highest BCUT2D eigenvalue weighted by Crippen LogP contribution is 2.43. The Balaban J connectivity index is 2.20. The SMILES string of the molecule is CCCCCCCCCCCC(=O)O[C@H](CCCCCCCCCCC)CC(=O)N[C@H]1C(OC[C@H]2OC(OP(=O)(O)O)[C@H](NC(=O)C[C@H](O)CCCCCCCCCCC)[C@@H](O)[C@@H]2O)O[C@H](CO)[C@@H](OP(=O)(O)O)[C@@H]1O. The minimum absolute atomic E-state index is 0.153. The number of hydrogen-bond donors (Lipinski definition) is 11. The Morgan fingerprint density at radius 3 is 1.42 bits per heavy atom. The first-order valence-corrected chi connectivity index (χ1v) is 31.8. The molecular weight excluding hydrogens is 1030 g/mol. The Hall–Kier alpha value is -1.69. The summed E-state index contributed by atoms with van der Waals surface area (Å²) in [5.74, 6) is -2.11. The third-order valence-electron chi connectivity index (χ3n) is 14.0. The van der Waals surface area contributed by atoms with Gasteiger partial charge in [0.15, 0.2) is 12.6 Å². The number of nitrogens with one attached hydrogen (secondary N) is 2. The maximum Gasteiger partial charge on any atom is 0.472 e. The number of rotatable bonds is 45. The summed E-state index contributed by atoms with van der Waals surface area (Å²) in [5.41, 5.74) is 0. The maximum atomic E-state index is 13.9. The van der Waals surface area contributed by atoms with Crippen LogP contribution in [0.2, 0.25) is 0 Å². The average Bonchev–Trinajstić information content (AvgIpc) is 3.35. The van der Waals surface area contributed by atoms with E-state index in [4.69, 9.17) is 28.0 Å². The number of esters is 1. The molecule has 0 aromatic rings. The van der Waals surface area contributed by atoms with Gasteiger partial charge in [-0.2, -0.15) is 0 Å². The van der Waals surface area contributed by atoms with Crippen molar-refractivity contribution < 1.29 is 96.6 Å². The highest BCUT2D eigenvalue weighted by atomic mass is 31.2. The summed E-state index contributed by atoms with van der Waals surface area (Å²) in [5, 5.41) is 59.7. The van der Waals surface area contributed by atoms with Crippen molar-refractivity contribution in [1.29, 1.82) is 0 Å². The van der Waals surface area contributed by atoms with Gasteiger partial charge in [0, 0.05) is 6.42 Å². The molecule has 0 spiro atoms. The fraction of sp³-hybridized carbons (Fsp3) is 0.942. The van der Waals surface area contributed by atoms with Gasteiger partial charge < -0.3 is 74.7 Å². The van der Waals surface area contributed by atoms with Gasteiger partial charge >= 0.3 is 21.6 Å². The van der Waals surface area contributed by atoms with Gasteiger partial charge in [-0.1, -0.05) is 181 Å². The number of carbonyl (C=O) groups is 3. The molecule has 2 unspecified atom stereocenters. The van der Waals surface area contributed by atoms with Crippen molar-refractivity contribution in [2.75, 3.05) is 13.2 Å². The Morgan fingerprint density at radius 2 is 0.947 bits per heavy atom. The van der Waals surface area contributed by atoms with Crippen molar-refractivity contribution in [3.63, 3.8) is 0 Å². The van der Waals surface area contributed by atoms with E-state index in [1.165, 1.54) is 64.2 Å². The zero-order chi connectivity index (χ0) is 56.4. The van der Waals surface area contributed by atoms with Gasteiger partial charge in [0.25, 0.3) is 0 Å². The third kappa shape index (κ3) is 31.3. The molecule has 76 heavy (non-hydrogen) atoms. The van der Waals surface area contributed by atoms with Crippen molar-refractivity contribution in [1.82, 2.24) is 10.6 Å². The lowest BCUT2D eigenvalue weighted by Crippen LogP contribution is -2.67. The molecule has 2 heterocycles. The van der Waals surface area contributed by atoms with Crippen LogP contribution in [0, 0.1) is 0 Å². The van der Waals surface area contributed by atoms with E-state index in [2.05, 4.69) is 31.4 Å². The molecule has 0 radical (unpaired) electrons. The summed E-state index contributed by atoms with van der Waals surface area (Å²) >= 11 is 0. The second-order valence-corrected chi connectivity index (χ2v) is 23.3. The highest BCUT2D eigenvalue weighted by Gasteiger charge is 2.52. The first-order chi connectivity index (χ1) is 36.2. The molecule has 2 fully saturated rings.